The second kappa shape index (κ2) is 6.29. The number of carbonyl (C=O) groups is 2. The summed E-state index contributed by atoms with van der Waals surface area (Å²) in [4.78, 5) is 23.6. The van der Waals surface area contributed by atoms with Crippen LogP contribution in [0.25, 0.3) is 0 Å². The molecule has 2 rings (SSSR count). The largest absolute Gasteiger partial charge is 0.456 e. The van der Waals surface area contributed by atoms with Gasteiger partial charge in [0.15, 0.2) is 0 Å². The van der Waals surface area contributed by atoms with Crippen LogP contribution in [0.2, 0.25) is 0 Å². The topological polar surface area (TPSA) is 55.4 Å². The molecule has 1 aromatic heterocycles. The predicted octanol–water partition coefficient (Wildman–Crippen LogP) is 3.20. The lowest BCUT2D eigenvalue weighted by Crippen LogP contribution is -2.10. The van der Waals surface area contributed by atoms with Crippen LogP contribution in [-0.2, 0) is 16.1 Å². The van der Waals surface area contributed by atoms with Crippen LogP contribution >= 0.6 is 11.3 Å². The Morgan fingerprint density at radius 3 is 2.80 bits per heavy atom. The number of anilines is 1. The highest BCUT2D eigenvalue weighted by Gasteiger charge is 2.14. The highest BCUT2D eigenvalue weighted by atomic mass is 32.1. The number of hydrogen-bond acceptors (Lipinski definition) is 4. The standard InChI is InChI=1S/C14H12FNO3S/c1-9(17)16-10-4-5-13(15)12(7-10)14(18)19-8-11-3-2-6-20-11/h2-7H,8H2,1H3,(H,16,17). The van der Waals surface area contributed by atoms with Gasteiger partial charge in [-0.05, 0) is 29.6 Å². The van der Waals surface area contributed by atoms with E-state index in [4.69, 9.17) is 4.74 Å². The SMILES string of the molecule is CC(=O)Nc1ccc(F)c(C(=O)OCc2cccs2)c1. The molecule has 2 aromatic rings. The highest BCUT2D eigenvalue weighted by molar-refractivity contribution is 7.09. The van der Waals surface area contributed by atoms with Crippen LogP contribution in [0, 0.1) is 5.82 Å². The van der Waals surface area contributed by atoms with Crippen molar-refractivity contribution in [3.8, 4) is 0 Å². The summed E-state index contributed by atoms with van der Waals surface area (Å²) in [6.07, 6.45) is 0. The first-order valence-corrected chi connectivity index (χ1v) is 6.71. The van der Waals surface area contributed by atoms with Gasteiger partial charge in [-0.1, -0.05) is 6.07 Å². The third kappa shape index (κ3) is 3.64. The third-order valence-electron chi connectivity index (χ3n) is 2.43. The molecule has 0 aliphatic rings. The molecule has 0 saturated carbocycles. The Balaban J connectivity index is 2.09. The van der Waals surface area contributed by atoms with Crippen molar-refractivity contribution in [1.29, 1.82) is 0 Å². The Bertz CT molecular complexity index is 625. The van der Waals surface area contributed by atoms with Gasteiger partial charge in [-0.25, -0.2) is 9.18 Å². The van der Waals surface area contributed by atoms with E-state index in [0.29, 0.717) is 5.69 Å². The number of nitrogens with one attached hydrogen (secondary N) is 1. The van der Waals surface area contributed by atoms with E-state index < -0.39 is 11.8 Å². The molecule has 1 aromatic carbocycles. The second-order valence-electron chi connectivity index (χ2n) is 4.03. The Morgan fingerprint density at radius 1 is 1.35 bits per heavy atom. The lowest BCUT2D eigenvalue weighted by molar-refractivity contribution is -0.114. The van der Waals surface area contributed by atoms with Crippen LogP contribution in [0.3, 0.4) is 0 Å². The van der Waals surface area contributed by atoms with Gasteiger partial charge in [0.2, 0.25) is 5.91 Å². The number of ether oxygens (including phenoxy) is 1. The fourth-order valence-corrected chi connectivity index (χ4v) is 2.19. The molecule has 0 radical (unpaired) electrons. The summed E-state index contributed by atoms with van der Waals surface area (Å²) in [6, 6.07) is 7.42. The summed E-state index contributed by atoms with van der Waals surface area (Å²) in [6.45, 7) is 1.43. The Morgan fingerprint density at radius 2 is 2.15 bits per heavy atom. The molecule has 20 heavy (non-hydrogen) atoms. The minimum Gasteiger partial charge on any atom is -0.456 e. The molecule has 104 valence electrons. The van der Waals surface area contributed by atoms with Crippen molar-refractivity contribution in [3.05, 3.63) is 52.0 Å². The van der Waals surface area contributed by atoms with Gasteiger partial charge in [-0.15, -0.1) is 11.3 Å². The van der Waals surface area contributed by atoms with E-state index in [0.717, 1.165) is 10.9 Å². The molecule has 1 amide bonds. The zero-order valence-electron chi connectivity index (χ0n) is 10.7. The maximum absolute atomic E-state index is 13.6. The molecule has 1 N–H and O–H groups in total. The van der Waals surface area contributed by atoms with Gasteiger partial charge in [-0.3, -0.25) is 4.79 Å². The fraction of sp³-hybridized carbons (Fsp3) is 0.143. The molecule has 1 heterocycles. The molecule has 0 fully saturated rings. The quantitative estimate of drug-likeness (QED) is 0.881. The molecule has 0 spiro atoms. The van der Waals surface area contributed by atoms with Crippen molar-refractivity contribution in [1.82, 2.24) is 0 Å². The van der Waals surface area contributed by atoms with Gasteiger partial charge < -0.3 is 10.1 Å². The van der Waals surface area contributed by atoms with Crippen molar-refractivity contribution in [2.45, 2.75) is 13.5 Å². The Kier molecular flexibility index (Phi) is 4.47. The van der Waals surface area contributed by atoms with Gasteiger partial charge in [0.05, 0.1) is 5.56 Å². The minimum absolute atomic E-state index is 0.0975. The zero-order chi connectivity index (χ0) is 14.5. The number of halogens is 1. The average molecular weight is 293 g/mol. The highest BCUT2D eigenvalue weighted by Crippen LogP contribution is 2.17. The van der Waals surface area contributed by atoms with Crippen molar-refractivity contribution < 1.29 is 18.7 Å². The Hall–Kier alpha value is -2.21. The summed E-state index contributed by atoms with van der Waals surface area (Å²) in [5.74, 6) is -1.74. The first-order valence-electron chi connectivity index (χ1n) is 5.83. The average Bonchev–Trinajstić information content (AvgIpc) is 2.91. The van der Waals surface area contributed by atoms with Crippen LogP contribution in [-0.4, -0.2) is 11.9 Å². The zero-order valence-corrected chi connectivity index (χ0v) is 11.5. The summed E-state index contributed by atoms with van der Waals surface area (Å²) < 4.78 is 18.6. The molecule has 0 bridgehead atoms. The number of carbonyl (C=O) groups excluding carboxylic acids is 2. The van der Waals surface area contributed by atoms with Crippen LogP contribution in [0.4, 0.5) is 10.1 Å². The molecule has 0 atom stereocenters. The smallest absolute Gasteiger partial charge is 0.341 e. The molecule has 6 heteroatoms. The van der Waals surface area contributed by atoms with Crippen molar-refractivity contribution >= 4 is 28.9 Å². The molecule has 0 saturated heterocycles. The number of hydrogen-bond donors (Lipinski definition) is 1. The number of rotatable bonds is 4. The van der Waals surface area contributed by atoms with E-state index in [-0.39, 0.29) is 18.1 Å². The van der Waals surface area contributed by atoms with Gasteiger partial charge in [0.1, 0.15) is 12.4 Å². The molecule has 0 aliphatic carbocycles. The van der Waals surface area contributed by atoms with Crippen molar-refractivity contribution in [2.75, 3.05) is 5.32 Å². The normalized spacial score (nSPS) is 10.1. The summed E-state index contributed by atoms with van der Waals surface area (Å²) in [5.41, 5.74) is 0.148. The number of esters is 1. The van der Waals surface area contributed by atoms with E-state index in [1.807, 2.05) is 17.5 Å². The second-order valence-corrected chi connectivity index (χ2v) is 5.06. The number of amides is 1. The molecule has 4 nitrogen and oxygen atoms in total. The molecular weight excluding hydrogens is 281 g/mol. The van der Waals surface area contributed by atoms with Crippen LogP contribution in [0.15, 0.2) is 35.7 Å². The van der Waals surface area contributed by atoms with Crippen LogP contribution in [0.5, 0.6) is 0 Å². The molecular formula is C14H12FNO3S. The van der Waals surface area contributed by atoms with E-state index in [1.165, 1.54) is 30.4 Å². The fourth-order valence-electron chi connectivity index (χ4n) is 1.57. The maximum Gasteiger partial charge on any atom is 0.341 e. The van der Waals surface area contributed by atoms with Crippen molar-refractivity contribution in [2.24, 2.45) is 0 Å². The maximum atomic E-state index is 13.6. The van der Waals surface area contributed by atoms with Gasteiger partial charge in [-0.2, -0.15) is 0 Å². The molecule has 0 unspecified atom stereocenters. The first kappa shape index (κ1) is 14.2. The van der Waals surface area contributed by atoms with Gasteiger partial charge in [0, 0.05) is 17.5 Å². The van der Waals surface area contributed by atoms with E-state index in [1.54, 1.807) is 0 Å². The summed E-state index contributed by atoms with van der Waals surface area (Å²) in [7, 11) is 0. The van der Waals surface area contributed by atoms with Crippen molar-refractivity contribution in [3.63, 3.8) is 0 Å². The number of thiophene rings is 1. The Labute approximate surface area is 119 Å². The van der Waals surface area contributed by atoms with Crippen LogP contribution in [0.1, 0.15) is 22.2 Å². The third-order valence-corrected chi connectivity index (χ3v) is 3.28. The number of benzene rings is 1. The molecule has 0 aliphatic heterocycles. The lowest BCUT2D eigenvalue weighted by Gasteiger charge is -2.07. The van der Waals surface area contributed by atoms with E-state index in [2.05, 4.69) is 5.32 Å². The van der Waals surface area contributed by atoms with Gasteiger partial charge >= 0.3 is 5.97 Å². The first-order chi connectivity index (χ1) is 9.56. The van der Waals surface area contributed by atoms with E-state index >= 15 is 0 Å². The van der Waals surface area contributed by atoms with E-state index in [9.17, 15) is 14.0 Å². The minimum atomic E-state index is -0.761. The monoisotopic (exact) mass is 293 g/mol. The predicted molar refractivity (Wildman–Crippen MR) is 74.1 cm³/mol. The summed E-state index contributed by atoms with van der Waals surface area (Å²) >= 11 is 1.45. The van der Waals surface area contributed by atoms with Crippen LogP contribution < -0.4 is 5.32 Å². The lowest BCUT2D eigenvalue weighted by atomic mass is 10.2. The summed E-state index contributed by atoms with van der Waals surface area (Å²) in [5, 5.41) is 4.35. The van der Waals surface area contributed by atoms with Gasteiger partial charge in [0.25, 0.3) is 0 Å².